The lowest BCUT2D eigenvalue weighted by atomic mass is 10.2. The molecule has 0 saturated carbocycles. The third-order valence-corrected chi connectivity index (χ3v) is 2.38. The summed E-state index contributed by atoms with van der Waals surface area (Å²) in [6.45, 7) is 10.6. The average molecular weight is 222 g/mol. The van der Waals surface area contributed by atoms with Crippen molar-refractivity contribution in [3.63, 3.8) is 0 Å². The van der Waals surface area contributed by atoms with Crippen LogP contribution in [0.4, 0.5) is 0 Å². The zero-order chi connectivity index (χ0) is 12.0. The lowest BCUT2D eigenvalue weighted by molar-refractivity contribution is 0.291. The Balaban J connectivity index is 2.45. The zero-order valence-electron chi connectivity index (χ0n) is 10.7. The Kier molecular flexibility index (Phi) is 5.02. The summed E-state index contributed by atoms with van der Waals surface area (Å²) in [5.74, 6) is 0.590. The second-order valence-corrected chi connectivity index (χ2v) is 4.58. The quantitative estimate of drug-likeness (QED) is 0.739. The predicted octanol–water partition coefficient (Wildman–Crippen LogP) is 2.16. The fourth-order valence-electron chi connectivity index (χ4n) is 1.35. The minimum atomic E-state index is 0.513. The topological polar surface area (TPSA) is 34.0 Å². The number of hydrogen-bond donors (Lipinski definition) is 0. The van der Waals surface area contributed by atoms with Crippen LogP contribution in [-0.2, 0) is 6.54 Å². The van der Waals surface area contributed by atoms with Crippen LogP contribution >= 0.6 is 0 Å². The van der Waals surface area contributed by atoms with Gasteiger partial charge in [-0.15, -0.1) is 0 Å². The molecule has 0 unspecified atom stereocenters. The van der Waals surface area contributed by atoms with Crippen LogP contribution in [0, 0.1) is 5.92 Å². The first kappa shape index (κ1) is 12.7. The molecule has 0 radical (unpaired) electrons. The molecule has 1 rings (SSSR count). The molecule has 90 valence electrons. The van der Waals surface area contributed by atoms with Crippen LogP contribution in [0.25, 0.3) is 0 Å². The Morgan fingerprint density at radius 1 is 1.31 bits per heavy atom. The summed E-state index contributed by atoms with van der Waals surface area (Å²) in [5, 5.41) is 4.10. The highest BCUT2D eigenvalue weighted by atomic mass is 15.3. The van der Waals surface area contributed by atoms with E-state index >= 15 is 0 Å². The third-order valence-electron chi connectivity index (χ3n) is 2.38. The summed E-state index contributed by atoms with van der Waals surface area (Å²) >= 11 is 0. The van der Waals surface area contributed by atoms with Gasteiger partial charge in [0.25, 0.3) is 0 Å². The van der Waals surface area contributed by atoms with E-state index in [4.69, 9.17) is 0 Å². The highest BCUT2D eigenvalue weighted by Crippen LogP contribution is 2.03. The molecule has 1 aromatic heterocycles. The maximum absolute atomic E-state index is 4.10. The Labute approximate surface area is 98.0 Å². The van der Waals surface area contributed by atoms with Crippen molar-refractivity contribution in [1.29, 1.82) is 0 Å². The van der Waals surface area contributed by atoms with Crippen LogP contribution in [0.15, 0.2) is 24.9 Å². The number of aromatic nitrogens is 3. The Bertz CT molecular complexity index is 301. The van der Waals surface area contributed by atoms with E-state index in [1.807, 2.05) is 4.68 Å². The molecule has 0 aliphatic heterocycles. The van der Waals surface area contributed by atoms with Crippen LogP contribution < -0.4 is 0 Å². The zero-order valence-corrected chi connectivity index (χ0v) is 10.7. The molecular formula is C12H22N4. The van der Waals surface area contributed by atoms with E-state index in [1.54, 1.807) is 12.7 Å². The van der Waals surface area contributed by atoms with E-state index in [-0.39, 0.29) is 0 Å². The number of allylic oxidation sites excluding steroid dienone is 1. The van der Waals surface area contributed by atoms with Crippen molar-refractivity contribution < 1.29 is 0 Å². The molecule has 0 atom stereocenters. The second kappa shape index (κ2) is 6.30. The molecule has 16 heavy (non-hydrogen) atoms. The fraction of sp³-hybridized carbons (Fsp3) is 0.667. The van der Waals surface area contributed by atoms with Gasteiger partial charge in [0.05, 0.1) is 6.54 Å². The maximum Gasteiger partial charge on any atom is 0.137 e. The Morgan fingerprint density at radius 3 is 2.56 bits per heavy atom. The van der Waals surface area contributed by atoms with Crippen molar-refractivity contribution in [3.05, 3.63) is 24.9 Å². The first-order chi connectivity index (χ1) is 7.59. The molecule has 1 heterocycles. The molecule has 0 aliphatic carbocycles. The van der Waals surface area contributed by atoms with Gasteiger partial charge in [0, 0.05) is 12.6 Å². The van der Waals surface area contributed by atoms with Crippen molar-refractivity contribution >= 4 is 0 Å². The third kappa shape index (κ3) is 4.47. The van der Waals surface area contributed by atoms with Crippen LogP contribution in [0.5, 0.6) is 0 Å². The summed E-state index contributed by atoms with van der Waals surface area (Å²) in [4.78, 5) is 6.26. The van der Waals surface area contributed by atoms with Crippen molar-refractivity contribution in [2.45, 2.75) is 40.3 Å². The summed E-state index contributed by atoms with van der Waals surface area (Å²) in [5.41, 5.74) is 0. The van der Waals surface area contributed by atoms with E-state index in [0.29, 0.717) is 12.0 Å². The van der Waals surface area contributed by atoms with Gasteiger partial charge in [-0.3, -0.25) is 4.68 Å². The summed E-state index contributed by atoms with van der Waals surface area (Å²) in [6, 6.07) is 0.513. The standard InChI is InChI=1S/C12H22N4/c1-11(2)5-6-15(12(3)4)7-8-16-10-13-9-14-16/h5-6,9-12H,7-8H2,1-4H3/b6-5-. The minimum Gasteiger partial charge on any atom is -0.373 e. The molecule has 0 amide bonds. The summed E-state index contributed by atoms with van der Waals surface area (Å²) in [7, 11) is 0. The average Bonchev–Trinajstić information content (AvgIpc) is 2.69. The normalized spacial score (nSPS) is 11.9. The van der Waals surface area contributed by atoms with Gasteiger partial charge in [-0.2, -0.15) is 5.10 Å². The maximum atomic E-state index is 4.10. The van der Waals surface area contributed by atoms with Gasteiger partial charge in [0.1, 0.15) is 12.7 Å². The highest BCUT2D eigenvalue weighted by Gasteiger charge is 2.04. The monoisotopic (exact) mass is 222 g/mol. The molecule has 0 aliphatic rings. The number of rotatable bonds is 6. The molecule has 1 aromatic rings. The molecule has 0 fully saturated rings. The van der Waals surface area contributed by atoms with Crippen LogP contribution in [0.3, 0.4) is 0 Å². The lowest BCUT2D eigenvalue weighted by Crippen LogP contribution is -2.29. The van der Waals surface area contributed by atoms with Crippen LogP contribution in [0.2, 0.25) is 0 Å². The summed E-state index contributed by atoms with van der Waals surface area (Å²) < 4.78 is 1.86. The first-order valence-corrected chi connectivity index (χ1v) is 5.86. The number of hydrogen-bond acceptors (Lipinski definition) is 3. The van der Waals surface area contributed by atoms with E-state index in [1.165, 1.54) is 0 Å². The predicted molar refractivity (Wildman–Crippen MR) is 65.8 cm³/mol. The van der Waals surface area contributed by atoms with Gasteiger partial charge in [0.15, 0.2) is 0 Å². The van der Waals surface area contributed by atoms with Crippen molar-refractivity contribution in [2.24, 2.45) is 5.92 Å². The van der Waals surface area contributed by atoms with E-state index < -0.39 is 0 Å². The van der Waals surface area contributed by atoms with Crippen molar-refractivity contribution in [1.82, 2.24) is 19.7 Å². The van der Waals surface area contributed by atoms with E-state index in [0.717, 1.165) is 13.1 Å². The smallest absolute Gasteiger partial charge is 0.137 e. The molecule has 0 spiro atoms. The van der Waals surface area contributed by atoms with Crippen LogP contribution in [0.1, 0.15) is 27.7 Å². The molecular weight excluding hydrogens is 200 g/mol. The van der Waals surface area contributed by atoms with Crippen LogP contribution in [-0.4, -0.2) is 32.3 Å². The van der Waals surface area contributed by atoms with Crippen molar-refractivity contribution in [2.75, 3.05) is 6.54 Å². The molecule has 0 N–H and O–H groups in total. The molecule has 0 saturated heterocycles. The Hall–Kier alpha value is -1.32. The van der Waals surface area contributed by atoms with Gasteiger partial charge in [-0.1, -0.05) is 19.9 Å². The van der Waals surface area contributed by atoms with Gasteiger partial charge >= 0.3 is 0 Å². The van der Waals surface area contributed by atoms with Gasteiger partial charge in [-0.25, -0.2) is 4.98 Å². The fourth-order valence-corrected chi connectivity index (χ4v) is 1.35. The van der Waals surface area contributed by atoms with Crippen molar-refractivity contribution in [3.8, 4) is 0 Å². The molecule has 0 bridgehead atoms. The minimum absolute atomic E-state index is 0.513. The van der Waals surface area contributed by atoms with Gasteiger partial charge < -0.3 is 4.90 Å². The van der Waals surface area contributed by atoms with E-state index in [2.05, 4.69) is 55.0 Å². The molecule has 4 heteroatoms. The number of nitrogens with zero attached hydrogens (tertiary/aromatic N) is 4. The van der Waals surface area contributed by atoms with Gasteiger partial charge in [-0.05, 0) is 26.0 Å². The molecule has 0 aromatic carbocycles. The summed E-state index contributed by atoms with van der Waals surface area (Å²) in [6.07, 6.45) is 7.74. The largest absolute Gasteiger partial charge is 0.373 e. The Morgan fingerprint density at radius 2 is 2.06 bits per heavy atom. The molecule has 4 nitrogen and oxygen atoms in total. The second-order valence-electron chi connectivity index (χ2n) is 4.58. The SMILES string of the molecule is CC(C)/C=C\N(CCn1cncn1)C(C)C. The van der Waals surface area contributed by atoms with Gasteiger partial charge in [0.2, 0.25) is 0 Å². The van der Waals surface area contributed by atoms with E-state index in [9.17, 15) is 0 Å². The lowest BCUT2D eigenvalue weighted by Gasteiger charge is -2.25. The first-order valence-electron chi connectivity index (χ1n) is 5.86. The highest BCUT2D eigenvalue weighted by molar-refractivity contribution is 4.86.